The standard InChI is InChI=1S/C26H29Cl2NO2/c1-5-14-26(4)16-22(19-8-7-9-21(28)15-19)24(18-10-12-20(27)13-11-18)29(25(26)31)23(6-2)17(3)30/h5,7-13,15,22-24H,1,6,14,16H2,2-4H3/t22-,23+,24?,26-/m1/s1. The molecule has 5 heteroatoms. The zero-order valence-corrected chi connectivity index (χ0v) is 19.8. The number of carbonyl (C=O) groups excluding carboxylic acids is 2. The van der Waals surface area contributed by atoms with Crippen molar-refractivity contribution in [3.8, 4) is 0 Å². The first-order valence-corrected chi connectivity index (χ1v) is 11.4. The molecule has 0 spiro atoms. The summed E-state index contributed by atoms with van der Waals surface area (Å²) in [4.78, 5) is 28.4. The summed E-state index contributed by atoms with van der Waals surface area (Å²) in [6.07, 6.45) is 3.53. The fourth-order valence-electron chi connectivity index (χ4n) is 4.91. The van der Waals surface area contributed by atoms with Gasteiger partial charge in [0.15, 0.2) is 5.78 Å². The minimum Gasteiger partial charge on any atom is -0.325 e. The third kappa shape index (κ3) is 4.73. The second-order valence-electron chi connectivity index (χ2n) is 8.66. The number of Topliss-reactive ketones (excluding diaryl/α,β-unsaturated/α-hetero) is 1. The quantitative estimate of drug-likeness (QED) is 0.419. The molecule has 1 amide bonds. The molecular formula is C26H29Cl2NO2. The van der Waals surface area contributed by atoms with E-state index in [-0.39, 0.29) is 23.7 Å². The number of nitrogens with zero attached hydrogens (tertiary/aromatic N) is 1. The van der Waals surface area contributed by atoms with Crippen molar-refractivity contribution in [3.05, 3.63) is 82.4 Å². The lowest BCUT2D eigenvalue weighted by atomic mass is 9.67. The highest BCUT2D eigenvalue weighted by Gasteiger charge is 2.51. The molecule has 0 N–H and O–H groups in total. The molecule has 0 aromatic heterocycles. The Balaban J connectivity index is 2.25. The third-order valence-electron chi connectivity index (χ3n) is 6.38. The number of benzene rings is 2. The van der Waals surface area contributed by atoms with Crippen molar-refractivity contribution in [2.24, 2.45) is 5.41 Å². The number of hydrogen-bond donors (Lipinski definition) is 0. The van der Waals surface area contributed by atoms with Crippen molar-refractivity contribution >= 4 is 34.9 Å². The van der Waals surface area contributed by atoms with Crippen molar-refractivity contribution in [1.29, 1.82) is 0 Å². The van der Waals surface area contributed by atoms with E-state index in [0.29, 0.717) is 29.3 Å². The smallest absolute Gasteiger partial charge is 0.229 e. The fraction of sp³-hybridized carbons (Fsp3) is 0.385. The molecular weight excluding hydrogens is 429 g/mol. The Morgan fingerprint density at radius 3 is 2.42 bits per heavy atom. The third-order valence-corrected chi connectivity index (χ3v) is 6.86. The molecule has 1 aliphatic heterocycles. The number of piperidine rings is 1. The Bertz CT molecular complexity index is 972. The van der Waals surface area contributed by atoms with Crippen LogP contribution >= 0.6 is 23.2 Å². The number of carbonyl (C=O) groups is 2. The van der Waals surface area contributed by atoms with Gasteiger partial charge < -0.3 is 4.90 Å². The van der Waals surface area contributed by atoms with Crippen LogP contribution in [0.1, 0.15) is 63.1 Å². The molecule has 0 radical (unpaired) electrons. The van der Waals surface area contributed by atoms with Crippen LogP contribution in [0.3, 0.4) is 0 Å². The molecule has 3 nitrogen and oxygen atoms in total. The van der Waals surface area contributed by atoms with Crippen LogP contribution in [0.4, 0.5) is 0 Å². The van der Waals surface area contributed by atoms with Gasteiger partial charge in [-0.05, 0) is 61.6 Å². The van der Waals surface area contributed by atoms with Crippen LogP contribution in [0.15, 0.2) is 61.2 Å². The molecule has 164 valence electrons. The van der Waals surface area contributed by atoms with Gasteiger partial charge in [0, 0.05) is 16.0 Å². The van der Waals surface area contributed by atoms with E-state index in [1.807, 2.05) is 61.2 Å². The van der Waals surface area contributed by atoms with E-state index in [2.05, 4.69) is 12.6 Å². The molecule has 0 saturated carbocycles. The van der Waals surface area contributed by atoms with Crippen LogP contribution in [0.25, 0.3) is 0 Å². The molecule has 0 aliphatic carbocycles. The Labute approximate surface area is 195 Å². The van der Waals surface area contributed by atoms with Gasteiger partial charge in [-0.15, -0.1) is 6.58 Å². The number of allylic oxidation sites excluding steroid dienone is 1. The minimum atomic E-state index is -0.652. The summed E-state index contributed by atoms with van der Waals surface area (Å²) < 4.78 is 0. The fourth-order valence-corrected chi connectivity index (χ4v) is 5.24. The number of likely N-dealkylation sites (tertiary alicyclic amines) is 1. The average Bonchev–Trinajstić information content (AvgIpc) is 2.72. The number of halogens is 2. The Morgan fingerprint density at radius 2 is 1.87 bits per heavy atom. The topological polar surface area (TPSA) is 37.4 Å². The van der Waals surface area contributed by atoms with Crippen molar-refractivity contribution in [1.82, 2.24) is 4.90 Å². The second-order valence-corrected chi connectivity index (χ2v) is 9.54. The predicted molar refractivity (Wildman–Crippen MR) is 128 cm³/mol. The maximum absolute atomic E-state index is 13.9. The largest absolute Gasteiger partial charge is 0.325 e. The van der Waals surface area contributed by atoms with Gasteiger partial charge in [0.1, 0.15) is 0 Å². The lowest BCUT2D eigenvalue weighted by molar-refractivity contribution is -0.157. The van der Waals surface area contributed by atoms with Crippen LogP contribution in [0, 0.1) is 5.41 Å². The average molecular weight is 458 g/mol. The number of amides is 1. The summed E-state index contributed by atoms with van der Waals surface area (Å²) in [5.74, 6) is -0.0499. The zero-order chi connectivity index (χ0) is 22.8. The van der Waals surface area contributed by atoms with Crippen LogP contribution in [0.2, 0.25) is 10.0 Å². The van der Waals surface area contributed by atoms with Gasteiger partial charge in [0.25, 0.3) is 0 Å². The predicted octanol–water partition coefficient (Wildman–Crippen LogP) is 7.00. The van der Waals surface area contributed by atoms with Gasteiger partial charge in [-0.3, -0.25) is 9.59 Å². The highest BCUT2D eigenvalue weighted by molar-refractivity contribution is 6.30. The van der Waals surface area contributed by atoms with Gasteiger partial charge in [-0.1, -0.05) is 67.4 Å². The van der Waals surface area contributed by atoms with Crippen LogP contribution in [-0.2, 0) is 9.59 Å². The molecule has 1 unspecified atom stereocenters. The van der Waals surface area contributed by atoms with Crippen molar-refractivity contribution in [2.45, 2.75) is 58.0 Å². The van der Waals surface area contributed by atoms with Crippen molar-refractivity contribution < 1.29 is 9.59 Å². The van der Waals surface area contributed by atoms with E-state index < -0.39 is 11.5 Å². The van der Waals surface area contributed by atoms with Crippen LogP contribution in [-0.4, -0.2) is 22.6 Å². The molecule has 4 atom stereocenters. The Morgan fingerprint density at radius 1 is 1.19 bits per heavy atom. The summed E-state index contributed by atoms with van der Waals surface area (Å²) in [5.41, 5.74) is 1.36. The first-order valence-electron chi connectivity index (χ1n) is 10.7. The minimum absolute atomic E-state index is 0.00678. The van der Waals surface area contributed by atoms with E-state index in [9.17, 15) is 9.59 Å². The van der Waals surface area contributed by atoms with Gasteiger partial charge in [-0.2, -0.15) is 0 Å². The van der Waals surface area contributed by atoms with Crippen molar-refractivity contribution in [2.75, 3.05) is 0 Å². The highest BCUT2D eigenvalue weighted by atomic mass is 35.5. The summed E-state index contributed by atoms with van der Waals surface area (Å²) in [5, 5.41) is 1.28. The van der Waals surface area contributed by atoms with E-state index in [4.69, 9.17) is 23.2 Å². The first kappa shape index (κ1) is 23.6. The van der Waals surface area contributed by atoms with Gasteiger partial charge >= 0.3 is 0 Å². The zero-order valence-electron chi connectivity index (χ0n) is 18.3. The maximum atomic E-state index is 13.9. The number of ketones is 1. The molecule has 0 bridgehead atoms. The Hall–Kier alpha value is -2.10. The molecule has 1 aliphatic rings. The molecule has 3 rings (SSSR count). The molecule has 1 fully saturated rings. The molecule has 2 aromatic carbocycles. The highest BCUT2D eigenvalue weighted by Crippen LogP contribution is 2.52. The maximum Gasteiger partial charge on any atom is 0.229 e. The van der Waals surface area contributed by atoms with E-state index >= 15 is 0 Å². The van der Waals surface area contributed by atoms with E-state index in [1.54, 1.807) is 13.0 Å². The summed E-state index contributed by atoms with van der Waals surface area (Å²) >= 11 is 12.5. The van der Waals surface area contributed by atoms with Crippen LogP contribution in [0.5, 0.6) is 0 Å². The second kappa shape index (κ2) is 9.58. The van der Waals surface area contributed by atoms with Crippen molar-refractivity contribution in [3.63, 3.8) is 0 Å². The first-order chi connectivity index (χ1) is 14.7. The van der Waals surface area contributed by atoms with E-state index in [0.717, 1.165) is 11.1 Å². The normalized spacial score (nSPS) is 24.7. The van der Waals surface area contributed by atoms with E-state index in [1.165, 1.54) is 0 Å². The Kier molecular flexibility index (Phi) is 7.28. The summed E-state index contributed by atoms with van der Waals surface area (Å²) in [6, 6.07) is 14.6. The molecule has 2 aromatic rings. The number of hydrogen-bond acceptors (Lipinski definition) is 2. The lowest BCUT2D eigenvalue weighted by Gasteiger charge is -2.51. The summed E-state index contributed by atoms with van der Waals surface area (Å²) in [6.45, 7) is 9.38. The SMILES string of the molecule is C=CC[C@]1(C)C[C@H](c2cccc(Cl)c2)C(c2ccc(Cl)cc2)N([C@@H](CC)C(C)=O)C1=O. The van der Waals surface area contributed by atoms with Crippen LogP contribution < -0.4 is 0 Å². The lowest BCUT2D eigenvalue weighted by Crippen LogP contribution is -2.57. The molecule has 31 heavy (non-hydrogen) atoms. The molecule has 1 heterocycles. The monoisotopic (exact) mass is 457 g/mol. The molecule has 1 saturated heterocycles. The summed E-state index contributed by atoms with van der Waals surface area (Å²) in [7, 11) is 0. The van der Waals surface area contributed by atoms with Gasteiger partial charge in [-0.25, -0.2) is 0 Å². The number of rotatable bonds is 7. The van der Waals surface area contributed by atoms with Gasteiger partial charge in [0.2, 0.25) is 5.91 Å². The van der Waals surface area contributed by atoms with Gasteiger partial charge in [0.05, 0.1) is 17.5 Å².